The fourth-order valence-electron chi connectivity index (χ4n) is 2.25. The maximum Gasteiger partial charge on any atom is 0.276 e. The molecule has 0 aliphatic carbocycles. The van der Waals surface area contributed by atoms with Crippen LogP contribution in [0.4, 0.5) is 10.1 Å². The third-order valence-corrected chi connectivity index (χ3v) is 4.72. The molecule has 0 atom stereocenters. The predicted octanol–water partition coefficient (Wildman–Crippen LogP) is 1.13. The van der Waals surface area contributed by atoms with Crippen LogP contribution in [0.25, 0.3) is 0 Å². The van der Waals surface area contributed by atoms with Crippen molar-refractivity contribution < 1.29 is 27.1 Å². The summed E-state index contributed by atoms with van der Waals surface area (Å²) in [5.41, 5.74) is 5.31. The van der Waals surface area contributed by atoms with Gasteiger partial charge >= 0.3 is 0 Å². The van der Waals surface area contributed by atoms with E-state index in [2.05, 4.69) is 10.9 Å². The molecule has 0 aliphatic rings. The van der Waals surface area contributed by atoms with Crippen LogP contribution in [0.2, 0.25) is 0 Å². The number of ether oxygens (including phenoxy) is 1. The van der Waals surface area contributed by atoms with Gasteiger partial charge in [-0.15, -0.1) is 0 Å². The largest absolute Gasteiger partial charge is 0.484 e. The van der Waals surface area contributed by atoms with E-state index in [0.29, 0.717) is 11.3 Å². The number of para-hydroxylation sites is 1. The molecule has 0 heterocycles. The van der Waals surface area contributed by atoms with Crippen LogP contribution in [0.3, 0.4) is 0 Å². The molecule has 0 bridgehead atoms. The highest BCUT2D eigenvalue weighted by atomic mass is 32.2. The number of hydrogen-bond acceptors (Lipinski definition) is 5. The number of halogens is 1. The number of benzene rings is 2. The van der Waals surface area contributed by atoms with E-state index in [9.17, 15) is 22.4 Å². The Hall–Kier alpha value is -3.14. The summed E-state index contributed by atoms with van der Waals surface area (Å²) < 4.78 is 43.0. The van der Waals surface area contributed by atoms with E-state index in [1.165, 1.54) is 24.3 Å². The zero-order chi connectivity index (χ0) is 20.7. The number of sulfonamides is 1. The molecule has 28 heavy (non-hydrogen) atoms. The van der Waals surface area contributed by atoms with Crippen molar-refractivity contribution in [2.24, 2.45) is 0 Å². The summed E-state index contributed by atoms with van der Waals surface area (Å²) in [5, 5.41) is 0. The molecule has 0 aliphatic heterocycles. The van der Waals surface area contributed by atoms with Gasteiger partial charge < -0.3 is 4.74 Å². The SMILES string of the molecule is Cc1ccccc1N(CC(=O)NNC(=O)COc1ccc(F)cc1)S(C)(=O)=O. The molecule has 8 nitrogen and oxygen atoms in total. The standard InChI is InChI=1S/C18H20FN3O5S/c1-13-5-3-4-6-16(13)22(28(2,25)26)11-17(23)20-21-18(24)12-27-15-9-7-14(19)8-10-15/h3-10H,11-12H2,1-2H3,(H,20,23)(H,21,24). The Balaban J connectivity index is 1.89. The lowest BCUT2D eigenvalue weighted by Crippen LogP contribution is -2.48. The van der Waals surface area contributed by atoms with Crippen LogP contribution in [0.15, 0.2) is 48.5 Å². The Morgan fingerprint density at radius 1 is 1.04 bits per heavy atom. The molecule has 10 heteroatoms. The maximum absolute atomic E-state index is 12.8. The van der Waals surface area contributed by atoms with Crippen LogP contribution in [0.5, 0.6) is 5.75 Å². The summed E-state index contributed by atoms with van der Waals surface area (Å²) in [4.78, 5) is 23.8. The lowest BCUT2D eigenvalue weighted by Gasteiger charge is -2.23. The Bertz CT molecular complexity index is 948. The van der Waals surface area contributed by atoms with E-state index in [1.54, 1.807) is 31.2 Å². The van der Waals surface area contributed by atoms with Crippen molar-refractivity contribution >= 4 is 27.5 Å². The molecule has 2 N–H and O–H groups in total. The van der Waals surface area contributed by atoms with Gasteiger partial charge in [-0.1, -0.05) is 18.2 Å². The van der Waals surface area contributed by atoms with Gasteiger partial charge in [-0.25, -0.2) is 12.8 Å². The monoisotopic (exact) mass is 409 g/mol. The van der Waals surface area contributed by atoms with E-state index < -0.39 is 40.8 Å². The second kappa shape index (κ2) is 9.18. The predicted molar refractivity (Wildman–Crippen MR) is 102 cm³/mol. The highest BCUT2D eigenvalue weighted by Crippen LogP contribution is 2.21. The number of amides is 2. The number of hydrogen-bond donors (Lipinski definition) is 2. The molecule has 0 saturated carbocycles. The number of carbonyl (C=O) groups is 2. The molecular weight excluding hydrogens is 389 g/mol. The normalized spacial score (nSPS) is 10.8. The lowest BCUT2D eigenvalue weighted by atomic mass is 10.2. The molecule has 150 valence electrons. The average molecular weight is 409 g/mol. The molecule has 0 spiro atoms. The van der Waals surface area contributed by atoms with Crippen molar-refractivity contribution in [1.29, 1.82) is 0 Å². The van der Waals surface area contributed by atoms with Crippen LogP contribution in [-0.2, 0) is 19.6 Å². The van der Waals surface area contributed by atoms with Crippen LogP contribution in [0.1, 0.15) is 5.56 Å². The quantitative estimate of drug-likeness (QED) is 0.667. The molecular formula is C18H20FN3O5S. The van der Waals surface area contributed by atoms with Gasteiger partial charge in [0.2, 0.25) is 10.0 Å². The first-order valence-electron chi connectivity index (χ1n) is 8.16. The van der Waals surface area contributed by atoms with Gasteiger partial charge in [0.15, 0.2) is 6.61 Å². The van der Waals surface area contributed by atoms with Crippen LogP contribution in [-0.4, -0.2) is 39.6 Å². The first-order chi connectivity index (χ1) is 13.2. The van der Waals surface area contributed by atoms with E-state index in [1.807, 2.05) is 0 Å². The average Bonchev–Trinajstić information content (AvgIpc) is 2.64. The number of carbonyl (C=O) groups excluding carboxylic acids is 2. The molecule has 0 unspecified atom stereocenters. The number of anilines is 1. The fraction of sp³-hybridized carbons (Fsp3) is 0.222. The Morgan fingerprint density at radius 3 is 2.25 bits per heavy atom. The Morgan fingerprint density at radius 2 is 1.64 bits per heavy atom. The van der Waals surface area contributed by atoms with E-state index in [-0.39, 0.29) is 5.75 Å². The zero-order valence-corrected chi connectivity index (χ0v) is 16.1. The number of rotatable bonds is 7. The molecule has 0 fully saturated rings. The van der Waals surface area contributed by atoms with Crippen molar-refractivity contribution in [3.05, 3.63) is 59.9 Å². The van der Waals surface area contributed by atoms with E-state index >= 15 is 0 Å². The van der Waals surface area contributed by atoms with Gasteiger partial charge in [0, 0.05) is 0 Å². The summed E-state index contributed by atoms with van der Waals surface area (Å²) in [6.45, 7) is 0.794. The Kier molecular flexibility index (Phi) is 6.94. The van der Waals surface area contributed by atoms with Gasteiger partial charge in [0.25, 0.3) is 11.8 Å². The minimum absolute atomic E-state index is 0.283. The molecule has 2 aromatic carbocycles. The number of hydrazine groups is 1. The minimum Gasteiger partial charge on any atom is -0.484 e. The van der Waals surface area contributed by atoms with Crippen molar-refractivity contribution in [2.75, 3.05) is 23.7 Å². The third-order valence-electron chi connectivity index (χ3n) is 3.60. The van der Waals surface area contributed by atoms with Crippen molar-refractivity contribution in [1.82, 2.24) is 10.9 Å². The van der Waals surface area contributed by atoms with Crippen LogP contribution < -0.4 is 19.9 Å². The van der Waals surface area contributed by atoms with Gasteiger partial charge in [0.05, 0.1) is 11.9 Å². The molecule has 0 radical (unpaired) electrons. The van der Waals surface area contributed by atoms with Gasteiger partial charge in [-0.05, 0) is 42.8 Å². The number of aryl methyl sites for hydroxylation is 1. The first-order valence-corrected chi connectivity index (χ1v) is 10.0. The smallest absolute Gasteiger partial charge is 0.276 e. The first kappa shape index (κ1) is 21.2. The number of nitrogens with one attached hydrogen (secondary N) is 2. The second-order valence-electron chi connectivity index (χ2n) is 5.90. The lowest BCUT2D eigenvalue weighted by molar-refractivity contribution is -0.129. The fourth-order valence-corrected chi connectivity index (χ4v) is 3.16. The summed E-state index contributed by atoms with van der Waals surface area (Å²) in [5.74, 6) is -1.55. The third kappa shape index (κ3) is 6.23. The summed E-state index contributed by atoms with van der Waals surface area (Å²) in [6.07, 6.45) is 0.988. The summed E-state index contributed by atoms with van der Waals surface area (Å²) in [7, 11) is -3.72. The molecule has 2 rings (SSSR count). The van der Waals surface area contributed by atoms with Gasteiger partial charge in [-0.3, -0.25) is 24.7 Å². The van der Waals surface area contributed by atoms with Gasteiger partial charge in [0.1, 0.15) is 18.1 Å². The van der Waals surface area contributed by atoms with Crippen LogP contribution >= 0.6 is 0 Å². The van der Waals surface area contributed by atoms with Crippen molar-refractivity contribution in [3.63, 3.8) is 0 Å². The second-order valence-corrected chi connectivity index (χ2v) is 7.80. The highest BCUT2D eigenvalue weighted by molar-refractivity contribution is 7.92. The highest BCUT2D eigenvalue weighted by Gasteiger charge is 2.22. The topological polar surface area (TPSA) is 105 Å². The molecule has 2 amide bonds. The van der Waals surface area contributed by atoms with Crippen molar-refractivity contribution in [2.45, 2.75) is 6.92 Å². The van der Waals surface area contributed by atoms with E-state index in [0.717, 1.165) is 10.6 Å². The minimum atomic E-state index is -3.72. The summed E-state index contributed by atoms with van der Waals surface area (Å²) >= 11 is 0. The Labute approximate surface area is 162 Å². The van der Waals surface area contributed by atoms with Gasteiger partial charge in [-0.2, -0.15) is 0 Å². The summed E-state index contributed by atoms with van der Waals surface area (Å²) in [6, 6.07) is 11.8. The zero-order valence-electron chi connectivity index (χ0n) is 15.3. The molecule has 2 aromatic rings. The maximum atomic E-state index is 12.8. The molecule has 0 aromatic heterocycles. The van der Waals surface area contributed by atoms with E-state index in [4.69, 9.17) is 4.74 Å². The van der Waals surface area contributed by atoms with Crippen LogP contribution in [0, 0.1) is 12.7 Å². The molecule has 0 saturated heterocycles. The van der Waals surface area contributed by atoms with Crippen molar-refractivity contribution in [3.8, 4) is 5.75 Å². The number of nitrogens with zero attached hydrogens (tertiary/aromatic N) is 1.